The first-order valence-corrected chi connectivity index (χ1v) is 5.90. The van der Waals surface area contributed by atoms with Gasteiger partial charge in [0.25, 0.3) is 0 Å². The minimum atomic E-state index is -0.427. The van der Waals surface area contributed by atoms with Crippen LogP contribution in [0.2, 0.25) is 0 Å². The Kier molecular flexibility index (Phi) is 2.41. The molecule has 7 heteroatoms. The Morgan fingerprint density at radius 3 is 2.83 bits per heavy atom. The third-order valence-electron chi connectivity index (χ3n) is 2.57. The van der Waals surface area contributed by atoms with Crippen LogP contribution in [0, 0.1) is 0 Å². The predicted octanol–water partition coefficient (Wildman–Crippen LogP) is 0.936. The van der Waals surface area contributed by atoms with Gasteiger partial charge in [-0.1, -0.05) is 22.0 Å². The second-order valence-electron chi connectivity index (χ2n) is 3.68. The second-order valence-corrected chi connectivity index (χ2v) is 4.59. The minimum absolute atomic E-state index is 0.0717. The van der Waals surface area contributed by atoms with Crippen LogP contribution in [0.5, 0.6) is 0 Å². The van der Waals surface area contributed by atoms with Crippen molar-refractivity contribution in [2.75, 3.05) is 0 Å². The summed E-state index contributed by atoms with van der Waals surface area (Å²) in [5.41, 5.74) is -0.00718. The lowest BCUT2D eigenvalue weighted by atomic mass is 10.3. The standard InChI is InChI=1S/C11H7BrN4O2/c12-7-2-1-3-8(6-7)15-4-5-16-9(10(15)17)13-14-11(16)18/h1-6H,(H,14,18). The average molecular weight is 307 g/mol. The van der Waals surface area contributed by atoms with Gasteiger partial charge in [0.15, 0.2) is 0 Å². The van der Waals surface area contributed by atoms with Gasteiger partial charge >= 0.3 is 11.2 Å². The molecular formula is C11H7BrN4O2. The molecule has 18 heavy (non-hydrogen) atoms. The number of H-pyrrole nitrogens is 1. The maximum absolute atomic E-state index is 12.2. The molecule has 0 amide bonds. The van der Waals surface area contributed by atoms with Crippen molar-refractivity contribution in [2.45, 2.75) is 0 Å². The van der Waals surface area contributed by atoms with Crippen molar-refractivity contribution in [2.24, 2.45) is 0 Å². The van der Waals surface area contributed by atoms with E-state index < -0.39 is 5.69 Å². The number of aromatic amines is 1. The van der Waals surface area contributed by atoms with Crippen LogP contribution in [0.25, 0.3) is 11.3 Å². The van der Waals surface area contributed by atoms with Crippen molar-refractivity contribution in [1.82, 2.24) is 19.2 Å². The Bertz CT molecular complexity index is 846. The van der Waals surface area contributed by atoms with Crippen LogP contribution in [0.15, 0.2) is 50.7 Å². The van der Waals surface area contributed by atoms with Crippen molar-refractivity contribution in [3.8, 4) is 5.69 Å². The van der Waals surface area contributed by atoms with Crippen molar-refractivity contribution >= 4 is 21.6 Å². The number of nitrogens with zero attached hydrogens (tertiary/aromatic N) is 3. The van der Waals surface area contributed by atoms with Gasteiger partial charge < -0.3 is 0 Å². The molecule has 2 heterocycles. The van der Waals surface area contributed by atoms with Crippen LogP contribution >= 0.6 is 15.9 Å². The van der Waals surface area contributed by atoms with E-state index in [0.717, 1.165) is 4.47 Å². The largest absolute Gasteiger partial charge is 0.347 e. The number of hydrogen-bond acceptors (Lipinski definition) is 3. The first kappa shape index (κ1) is 11.0. The lowest BCUT2D eigenvalue weighted by Crippen LogP contribution is -2.22. The molecule has 6 nitrogen and oxygen atoms in total. The topological polar surface area (TPSA) is 72.2 Å². The zero-order valence-electron chi connectivity index (χ0n) is 9.00. The van der Waals surface area contributed by atoms with Crippen LogP contribution in [0.4, 0.5) is 0 Å². The fourth-order valence-electron chi connectivity index (χ4n) is 1.73. The molecule has 0 radical (unpaired) electrons. The Balaban J connectivity index is 2.34. The number of halogens is 1. The molecule has 2 aromatic heterocycles. The number of fused-ring (bicyclic) bond motifs is 1. The molecule has 0 saturated carbocycles. The van der Waals surface area contributed by atoms with Crippen LogP contribution in [-0.2, 0) is 0 Å². The third-order valence-corrected chi connectivity index (χ3v) is 3.06. The number of rotatable bonds is 1. The van der Waals surface area contributed by atoms with Crippen LogP contribution in [0.1, 0.15) is 0 Å². The lowest BCUT2D eigenvalue weighted by molar-refractivity contribution is 0.939. The molecule has 0 bridgehead atoms. The van der Waals surface area contributed by atoms with E-state index in [-0.39, 0.29) is 11.2 Å². The zero-order chi connectivity index (χ0) is 12.7. The van der Waals surface area contributed by atoms with E-state index in [2.05, 4.69) is 26.1 Å². The van der Waals surface area contributed by atoms with Gasteiger partial charge in [0, 0.05) is 22.6 Å². The molecule has 0 atom stereocenters. The van der Waals surface area contributed by atoms with Crippen LogP contribution in [0.3, 0.4) is 0 Å². The molecule has 0 aliphatic heterocycles. The summed E-state index contributed by atoms with van der Waals surface area (Å²) in [6.07, 6.45) is 3.04. The molecule has 0 aliphatic carbocycles. The Morgan fingerprint density at radius 2 is 2.06 bits per heavy atom. The first-order valence-electron chi connectivity index (χ1n) is 5.11. The first-order chi connectivity index (χ1) is 8.66. The molecule has 0 unspecified atom stereocenters. The third kappa shape index (κ3) is 1.60. The minimum Gasteiger partial charge on any atom is -0.280 e. The number of hydrogen-bond donors (Lipinski definition) is 1. The van der Waals surface area contributed by atoms with E-state index in [1.54, 1.807) is 6.07 Å². The van der Waals surface area contributed by atoms with Crippen molar-refractivity contribution in [1.29, 1.82) is 0 Å². The summed E-state index contributed by atoms with van der Waals surface area (Å²) in [7, 11) is 0. The van der Waals surface area contributed by atoms with Gasteiger partial charge in [-0.15, -0.1) is 5.10 Å². The maximum atomic E-state index is 12.2. The number of nitrogens with one attached hydrogen (secondary N) is 1. The van der Waals surface area contributed by atoms with Crippen molar-refractivity contribution < 1.29 is 0 Å². The second kappa shape index (κ2) is 3.95. The number of aromatic nitrogens is 4. The molecule has 1 aromatic carbocycles. The van der Waals surface area contributed by atoms with Crippen LogP contribution in [-0.4, -0.2) is 19.2 Å². The van der Waals surface area contributed by atoms with E-state index in [1.165, 1.54) is 21.4 Å². The van der Waals surface area contributed by atoms with E-state index in [0.29, 0.717) is 5.69 Å². The maximum Gasteiger partial charge on any atom is 0.347 e. The summed E-state index contributed by atoms with van der Waals surface area (Å²) in [5, 5.41) is 5.95. The lowest BCUT2D eigenvalue weighted by Gasteiger charge is -2.05. The van der Waals surface area contributed by atoms with Gasteiger partial charge in [0.2, 0.25) is 5.65 Å². The summed E-state index contributed by atoms with van der Waals surface area (Å²) in [5.74, 6) is 0. The highest BCUT2D eigenvalue weighted by Crippen LogP contribution is 2.13. The molecule has 1 N–H and O–H groups in total. The zero-order valence-corrected chi connectivity index (χ0v) is 10.6. The normalized spacial score (nSPS) is 10.9. The van der Waals surface area contributed by atoms with Gasteiger partial charge in [-0.2, -0.15) is 0 Å². The summed E-state index contributed by atoms with van der Waals surface area (Å²) in [6, 6.07) is 7.30. The van der Waals surface area contributed by atoms with Gasteiger partial charge in [0.1, 0.15) is 0 Å². The predicted molar refractivity (Wildman–Crippen MR) is 69.1 cm³/mol. The monoisotopic (exact) mass is 306 g/mol. The molecule has 0 spiro atoms. The van der Waals surface area contributed by atoms with Gasteiger partial charge in [-0.05, 0) is 18.2 Å². The van der Waals surface area contributed by atoms with Crippen molar-refractivity contribution in [3.63, 3.8) is 0 Å². The van der Waals surface area contributed by atoms with E-state index in [4.69, 9.17) is 0 Å². The molecule has 3 aromatic rings. The van der Waals surface area contributed by atoms with Crippen molar-refractivity contribution in [3.05, 3.63) is 62.0 Å². The summed E-state index contributed by atoms with van der Waals surface area (Å²) in [6.45, 7) is 0. The van der Waals surface area contributed by atoms with Crippen LogP contribution < -0.4 is 11.2 Å². The fourth-order valence-corrected chi connectivity index (χ4v) is 2.12. The summed E-state index contributed by atoms with van der Waals surface area (Å²) < 4.78 is 3.48. The molecule has 0 aliphatic rings. The highest BCUT2D eigenvalue weighted by atomic mass is 79.9. The number of benzene rings is 1. The quantitative estimate of drug-likeness (QED) is 0.727. The summed E-state index contributed by atoms with van der Waals surface area (Å²) in [4.78, 5) is 23.5. The molecule has 90 valence electrons. The highest BCUT2D eigenvalue weighted by molar-refractivity contribution is 9.10. The Hall–Kier alpha value is -2.15. The molecular weight excluding hydrogens is 300 g/mol. The van der Waals surface area contributed by atoms with Gasteiger partial charge in [0.05, 0.1) is 0 Å². The average Bonchev–Trinajstić information content (AvgIpc) is 2.73. The highest BCUT2D eigenvalue weighted by Gasteiger charge is 2.08. The van der Waals surface area contributed by atoms with E-state index in [9.17, 15) is 9.59 Å². The molecule has 0 saturated heterocycles. The molecule has 3 rings (SSSR count). The summed E-state index contributed by atoms with van der Waals surface area (Å²) >= 11 is 3.35. The molecule has 0 fully saturated rings. The SMILES string of the molecule is O=c1c2n[nH]c(=O)n2ccn1-c1cccc(Br)c1. The Morgan fingerprint density at radius 1 is 1.22 bits per heavy atom. The van der Waals surface area contributed by atoms with Gasteiger partial charge in [-0.25, -0.2) is 14.3 Å². The fraction of sp³-hybridized carbons (Fsp3) is 0. The van der Waals surface area contributed by atoms with E-state index >= 15 is 0 Å². The van der Waals surface area contributed by atoms with E-state index in [1.807, 2.05) is 18.2 Å². The Labute approximate surface area is 109 Å². The smallest absolute Gasteiger partial charge is 0.280 e. The van der Waals surface area contributed by atoms with Gasteiger partial charge in [-0.3, -0.25) is 9.36 Å².